The largest absolute Gasteiger partial charge is 0.390 e. The van der Waals surface area contributed by atoms with Gasteiger partial charge < -0.3 is 29.8 Å². The summed E-state index contributed by atoms with van der Waals surface area (Å²) in [5, 5.41) is 19.2. The van der Waals surface area contributed by atoms with Crippen LogP contribution in [-0.4, -0.2) is 59.3 Å². The molecule has 1 unspecified atom stereocenters. The monoisotopic (exact) mass is 536 g/mol. The Morgan fingerprint density at radius 1 is 1.18 bits per heavy atom. The molecule has 7 nitrogen and oxygen atoms in total. The standard InChI is InChI=1S/C30H40N4O3S/c1-3-21-10-11-25-29-24(21)17-27(34(29)23(4-2)19-38-33-25)30(36)32-26(16-20-8-6-5-7-9-20)28(35)18-31-22-12-14-37-15-13-22/h5-11,17,22-23,26,28,31,33,35H,3-4,12-16,18-19H2,1-2H3,(H,32,36)/t23?,26-,28+/m0/s1. The number of amides is 1. The summed E-state index contributed by atoms with van der Waals surface area (Å²) >= 11 is 1.70. The molecule has 1 aromatic heterocycles. The van der Waals surface area contributed by atoms with Gasteiger partial charge in [0.05, 0.1) is 23.3 Å². The molecule has 1 amide bonds. The topological polar surface area (TPSA) is 87.6 Å². The number of anilines is 1. The molecule has 2 aliphatic heterocycles. The third-order valence-corrected chi connectivity index (χ3v) is 8.83. The fourth-order valence-electron chi connectivity index (χ4n) is 5.66. The molecule has 2 aliphatic rings. The molecular weight excluding hydrogens is 496 g/mol. The van der Waals surface area contributed by atoms with Crippen molar-refractivity contribution < 1.29 is 14.6 Å². The van der Waals surface area contributed by atoms with Gasteiger partial charge in [-0.15, -0.1) is 0 Å². The molecule has 0 saturated carbocycles. The minimum Gasteiger partial charge on any atom is -0.390 e. The van der Waals surface area contributed by atoms with Crippen molar-refractivity contribution in [3.05, 3.63) is 65.4 Å². The highest BCUT2D eigenvalue weighted by atomic mass is 32.2. The van der Waals surface area contributed by atoms with Crippen molar-refractivity contribution in [1.29, 1.82) is 0 Å². The van der Waals surface area contributed by atoms with Gasteiger partial charge in [-0.1, -0.05) is 62.2 Å². The quantitative estimate of drug-likeness (QED) is 0.281. The summed E-state index contributed by atoms with van der Waals surface area (Å²) in [6.45, 7) is 6.25. The van der Waals surface area contributed by atoms with Crippen LogP contribution in [0, 0.1) is 0 Å². The van der Waals surface area contributed by atoms with Gasteiger partial charge in [0.1, 0.15) is 5.69 Å². The highest BCUT2D eigenvalue weighted by molar-refractivity contribution is 8.00. The van der Waals surface area contributed by atoms with Crippen LogP contribution >= 0.6 is 11.9 Å². The maximum atomic E-state index is 14.0. The summed E-state index contributed by atoms with van der Waals surface area (Å²) in [5.41, 5.74) is 5.15. The van der Waals surface area contributed by atoms with E-state index < -0.39 is 12.1 Å². The van der Waals surface area contributed by atoms with Gasteiger partial charge in [-0.25, -0.2) is 0 Å². The molecule has 38 heavy (non-hydrogen) atoms. The maximum Gasteiger partial charge on any atom is 0.268 e. The number of aliphatic hydroxyl groups is 1. The van der Waals surface area contributed by atoms with E-state index in [4.69, 9.17) is 4.74 Å². The number of aromatic nitrogens is 1. The second kappa shape index (κ2) is 12.6. The number of nitrogens with zero attached hydrogens (tertiary/aromatic N) is 1. The Hall–Kier alpha value is -2.52. The summed E-state index contributed by atoms with van der Waals surface area (Å²) in [6.07, 6.45) is 3.54. The average molecular weight is 537 g/mol. The zero-order chi connectivity index (χ0) is 26.5. The molecule has 2 aromatic carbocycles. The Morgan fingerprint density at radius 2 is 1.97 bits per heavy atom. The van der Waals surface area contributed by atoms with Gasteiger partial charge >= 0.3 is 0 Å². The van der Waals surface area contributed by atoms with Crippen LogP contribution in [0.25, 0.3) is 10.9 Å². The summed E-state index contributed by atoms with van der Waals surface area (Å²) in [7, 11) is 0. The van der Waals surface area contributed by atoms with Crippen LogP contribution < -0.4 is 15.4 Å². The van der Waals surface area contributed by atoms with Gasteiger partial charge in [-0.2, -0.15) is 0 Å². The fraction of sp³-hybridized carbons (Fsp3) is 0.500. The van der Waals surface area contributed by atoms with Crippen molar-refractivity contribution in [1.82, 2.24) is 15.2 Å². The van der Waals surface area contributed by atoms with E-state index in [1.807, 2.05) is 30.3 Å². The van der Waals surface area contributed by atoms with E-state index in [0.29, 0.717) is 24.7 Å². The molecule has 3 atom stereocenters. The summed E-state index contributed by atoms with van der Waals surface area (Å²) < 4.78 is 11.2. The minimum atomic E-state index is -0.725. The highest BCUT2D eigenvalue weighted by Crippen LogP contribution is 2.38. The Morgan fingerprint density at radius 3 is 2.71 bits per heavy atom. The van der Waals surface area contributed by atoms with Gasteiger partial charge in [0.25, 0.3) is 5.91 Å². The molecule has 204 valence electrons. The molecule has 5 rings (SSSR count). The average Bonchev–Trinajstić information content (AvgIpc) is 3.25. The predicted octanol–water partition coefficient (Wildman–Crippen LogP) is 4.70. The van der Waals surface area contributed by atoms with Crippen LogP contribution in [-0.2, 0) is 17.6 Å². The van der Waals surface area contributed by atoms with Gasteiger partial charge in [-0.3, -0.25) is 4.79 Å². The second-order valence-electron chi connectivity index (χ2n) is 10.4. The van der Waals surface area contributed by atoms with Gasteiger partial charge in [0, 0.05) is 43.0 Å². The Bertz CT molecular complexity index is 1230. The third-order valence-electron chi connectivity index (χ3n) is 7.91. The lowest BCUT2D eigenvalue weighted by Gasteiger charge is -2.29. The third kappa shape index (κ3) is 5.88. The van der Waals surface area contributed by atoms with Crippen molar-refractivity contribution in [2.24, 2.45) is 0 Å². The van der Waals surface area contributed by atoms with Crippen LogP contribution in [0.4, 0.5) is 5.69 Å². The number of benzene rings is 2. The van der Waals surface area contributed by atoms with Crippen LogP contribution in [0.1, 0.15) is 60.8 Å². The first-order valence-electron chi connectivity index (χ1n) is 14.0. The van der Waals surface area contributed by atoms with Crippen molar-refractivity contribution >= 4 is 34.4 Å². The number of nitrogens with one attached hydrogen (secondary N) is 3. The SMILES string of the molecule is CCc1ccc2c3c1cc(C(=O)N[C@@H](Cc1ccccc1)[C@H](O)CNC1CCOCC1)n3C(CC)CSN2. The number of aryl methyl sites for hydroxylation is 1. The number of aliphatic hydroxyl groups excluding tert-OH is 1. The van der Waals surface area contributed by atoms with Crippen molar-refractivity contribution in [2.75, 3.05) is 30.2 Å². The number of rotatable bonds is 10. The van der Waals surface area contributed by atoms with Crippen LogP contribution in [0.15, 0.2) is 48.5 Å². The van der Waals surface area contributed by atoms with Crippen LogP contribution in [0.2, 0.25) is 0 Å². The van der Waals surface area contributed by atoms with E-state index in [9.17, 15) is 9.90 Å². The summed E-state index contributed by atoms with van der Waals surface area (Å²) in [4.78, 5) is 14.0. The molecule has 3 heterocycles. The van der Waals surface area contributed by atoms with E-state index in [1.165, 1.54) is 5.56 Å². The first-order chi connectivity index (χ1) is 18.6. The van der Waals surface area contributed by atoms with E-state index in [1.54, 1.807) is 11.9 Å². The molecule has 1 saturated heterocycles. The Kier molecular flexibility index (Phi) is 8.94. The number of hydrogen-bond acceptors (Lipinski definition) is 6. The number of ether oxygens (including phenoxy) is 1. The Labute approximate surface area is 229 Å². The minimum absolute atomic E-state index is 0.134. The van der Waals surface area contributed by atoms with Gasteiger partial charge in [0.15, 0.2) is 0 Å². The first-order valence-corrected chi connectivity index (χ1v) is 15.0. The maximum absolute atomic E-state index is 14.0. The molecule has 8 heteroatoms. The molecule has 0 radical (unpaired) electrons. The molecule has 0 spiro atoms. The molecule has 4 N–H and O–H groups in total. The highest BCUT2D eigenvalue weighted by Gasteiger charge is 2.29. The lowest BCUT2D eigenvalue weighted by atomic mass is 10.00. The number of carbonyl (C=O) groups excluding carboxylic acids is 1. The zero-order valence-electron chi connectivity index (χ0n) is 22.4. The van der Waals surface area contributed by atoms with E-state index in [0.717, 1.165) is 66.8 Å². The molecular formula is C30H40N4O3S. The fourth-order valence-corrected chi connectivity index (χ4v) is 6.64. The molecule has 0 aliphatic carbocycles. The molecule has 1 fully saturated rings. The zero-order valence-corrected chi connectivity index (χ0v) is 23.2. The van der Waals surface area contributed by atoms with Crippen LogP contribution in [0.3, 0.4) is 0 Å². The number of hydrogen-bond donors (Lipinski definition) is 4. The van der Waals surface area contributed by atoms with E-state index in [-0.39, 0.29) is 11.9 Å². The van der Waals surface area contributed by atoms with Crippen molar-refractivity contribution in [3.8, 4) is 0 Å². The number of carbonyl (C=O) groups is 1. The second-order valence-corrected chi connectivity index (χ2v) is 11.2. The smallest absolute Gasteiger partial charge is 0.268 e. The van der Waals surface area contributed by atoms with E-state index in [2.05, 4.69) is 52.0 Å². The lowest BCUT2D eigenvalue weighted by Crippen LogP contribution is -2.51. The Balaban J connectivity index is 1.44. The predicted molar refractivity (Wildman–Crippen MR) is 156 cm³/mol. The van der Waals surface area contributed by atoms with Crippen LogP contribution in [0.5, 0.6) is 0 Å². The van der Waals surface area contributed by atoms with Gasteiger partial charge in [0.2, 0.25) is 0 Å². The van der Waals surface area contributed by atoms with Crippen molar-refractivity contribution in [3.63, 3.8) is 0 Å². The van der Waals surface area contributed by atoms with Gasteiger partial charge in [-0.05, 0) is 55.4 Å². The molecule has 0 bridgehead atoms. The van der Waals surface area contributed by atoms with Crippen molar-refractivity contribution in [2.45, 2.75) is 70.2 Å². The summed E-state index contributed by atoms with van der Waals surface area (Å²) in [5.74, 6) is 0.743. The first kappa shape index (κ1) is 27.1. The normalized spacial score (nSPS) is 19.5. The lowest BCUT2D eigenvalue weighted by molar-refractivity contribution is 0.0655. The molecule has 3 aromatic rings. The van der Waals surface area contributed by atoms with E-state index >= 15 is 0 Å². The summed E-state index contributed by atoms with van der Waals surface area (Å²) in [6, 6.07) is 16.5.